The summed E-state index contributed by atoms with van der Waals surface area (Å²) in [5, 5.41) is 12.0. The molecule has 1 fully saturated rings. The van der Waals surface area contributed by atoms with Crippen molar-refractivity contribution in [2.45, 2.75) is 38.1 Å². The van der Waals surface area contributed by atoms with E-state index in [2.05, 4.69) is 17.4 Å². The molecule has 2 rings (SSSR count). The van der Waals surface area contributed by atoms with E-state index < -0.39 is 12.1 Å². The van der Waals surface area contributed by atoms with Crippen LogP contribution in [0.1, 0.15) is 31.2 Å². The Hall–Kier alpha value is -2.04. The van der Waals surface area contributed by atoms with E-state index in [1.807, 2.05) is 18.2 Å². The fourth-order valence-corrected chi connectivity index (χ4v) is 2.70. The second kappa shape index (κ2) is 7.67. The van der Waals surface area contributed by atoms with Crippen LogP contribution in [0.15, 0.2) is 30.3 Å². The van der Waals surface area contributed by atoms with Gasteiger partial charge in [0.15, 0.2) is 0 Å². The number of hydrogen-bond donors (Lipinski definition) is 2. The van der Waals surface area contributed by atoms with Crippen LogP contribution in [0.5, 0.6) is 0 Å². The van der Waals surface area contributed by atoms with Crippen LogP contribution >= 0.6 is 0 Å². The van der Waals surface area contributed by atoms with Gasteiger partial charge in [-0.1, -0.05) is 30.3 Å². The summed E-state index contributed by atoms with van der Waals surface area (Å²) in [6.07, 6.45) is 3.13. The van der Waals surface area contributed by atoms with Gasteiger partial charge in [0.1, 0.15) is 6.04 Å². The van der Waals surface area contributed by atoms with E-state index >= 15 is 0 Å². The zero-order valence-corrected chi connectivity index (χ0v) is 12.1. The maximum Gasteiger partial charge on any atom is 0.407 e. The standard InChI is InChI=1S/C16H22N2O3/c19-15(14-10-4-5-12-18(14)16(20)21)17-11-6-9-13-7-2-1-3-8-13/h1-3,7-8,14H,4-6,9-12H2,(H,17,19)(H,20,21). The highest BCUT2D eigenvalue weighted by atomic mass is 16.4. The number of likely N-dealkylation sites (tertiary alicyclic amines) is 1. The second-order valence-corrected chi connectivity index (χ2v) is 5.37. The summed E-state index contributed by atoms with van der Waals surface area (Å²) in [6.45, 7) is 1.04. The third kappa shape index (κ3) is 4.48. The van der Waals surface area contributed by atoms with Gasteiger partial charge in [0.05, 0.1) is 0 Å². The van der Waals surface area contributed by atoms with Gasteiger partial charge in [-0.05, 0) is 37.7 Å². The molecule has 5 heteroatoms. The number of carboxylic acid groups (broad SMARTS) is 1. The molecule has 21 heavy (non-hydrogen) atoms. The van der Waals surface area contributed by atoms with E-state index in [0.29, 0.717) is 19.5 Å². The van der Waals surface area contributed by atoms with Crippen LogP contribution in [0.2, 0.25) is 0 Å². The fraction of sp³-hybridized carbons (Fsp3) is 0.500. The van der Waals surface area contributed by atoms with Crippen LogP contribution in [-0.2, 0) is 11.2 Å². The minimum atomic E-state index is -1.00. The number of aryl methyl sites for hydroxylation is 1. The average Bonchev–Trinajstić information content (AvgIpc) is 2.52. The van der Waals surface area contributed by atoms with Crippen LogP contribution in [-0.4, -0.2) is 41.1 Å². The van der Waals surface area contributed by atoms with Crippen molar-refractivity contribution in [2.75, 3.05) is 13.1 Å². The number of nitrogens with zero attached hydrogens (tertiary/aromatic N) is 1. The summed E-state index contributed by atoms with van der Waals surface area (Å²) in [6, 6.07) is 9.59. The molecule has 1 saturated heterocycles. The maximum atomic E-state index is 12.1. The number of benzene rings is 1. The Morgan fingerprint density at radius 2 is 2.00 bits per heavy atom. The molecular weight excluding hydrogens is 268 g/mol. The largest absolute Gasteiger partial charge is 0.465 e. The van der Waals surface area contributed by atoms with Crippen molar-refractivity contribution < 1.29 is 14.7 Å². The number of hydrogen-bond acceptors (Lipinski definition) is 2. The van der Waals surface area contributed by atoms with Gasteiger partial charge in [-0.15, -0.1) is 0 Å². The van der Waals surface area contributed by atoms with E-state index in [-0.39, 0.29) is 5.91 Å². The zero-order valence-electron chi connectivity index (χ0n) is 12.1. The Kier molecular flexibility index (Phi) is 5.60. The van der Waals surface area contributed by atoms with E-state index in [1.54, 1.807) is 0 Å². The third-order valence-electron chi connectivity index (χ3n) is 3.84. The Morgan fingerprint density at radius 1 is 1.24 bits per heavy atom. The molecule has 0 aromatic heterocycles. The predicted molar refractivity (Wildman–Crippen MR) is 80.1 cm³/mol. The first kappa shape index (κ1) is 15.4. The van der Waals surface area contributed by atoms with Crippen LogP contribution in [0.25, 0.3) is 0 Å². The smallest absolute Gasteiger partial charge is 0.407 e. The lowest BCUT2D eigenvalue weighted by Gasteiger charge is -2.32. The van der Waals surface area contributed by atoms with E-state index in [4.69, 9.17) is 5.11 Å². The van der Waals surface area contributed by atoms with Crippen molar-refractivity contribution in [3.8, 4) is 0 Å². The summed E-state index contributed by atoms with van der Waals surface area (Å²) >= 11 is 0. The normalized spacial score (nSPS) is 18.3. The molecule has 5 nitrogen and oxygen atoms in total. The van der Waals surface area contributed by atoms with Gasteiger partial charge < -0.3 is 10.4 Å². The number of amides is 2. The number of carbonyl (C=O) groups is 2. The summed E-state index contributed by atoms with van der Waals surface area (Å²) in [5.41, 5.74) is 1.25. The lowest BCUT2D eigenvalue weighted by molar-refractivity contribution is -0.126. The van der Waals surface area contributed by atoms with Crippen LogP contribution in [0.3, 0.4) is 0 Å². The minimum Gasteiger partial charge on any atom is -0.465 e. The van der Waals surface area contributed by atoms with Gasteiger partial charge in [-0.2, -0.15) is 0 Å². The number of rotatable bonds is 5. The summed E-state index contributed by atoms with van der Waals surface area (Å²) in [7, 11) is 0. The number of piperidine rings is 1. The first-order valence-corrected chi connectivity index (χ1v) is 7.49. The van der Waals surface area contributed by atoms with Crippen molar-refractivity contribution >= 4 is 12.0 Å². The van der Waals surface area contributed by atoms with Gasteiger partial charge in [0.2, 0.25) is 5.91 Å². The van der Waals surface area contributed by atoms with Crippen LogP contribution in [0.4, 0.5) is 4.79 Å². The maximum absolute atomic E-state index is 12.1. The molecule has 0 radical (unpaired) electrons. The number of nitrogens with one attached hydrogen (secondary N) is 1. The van der Waals surface area contributed by atoms with Crippen molar-refractivity contribution in [3.63, 3.8) is 0 Å². The topological polar surface area (TPSA) is 69.6 Å². The molecule has 1 aromatic rings. The average molecular weight is 290 g/mol. The molecule has 2 amide bonds. The molecular formula is C16H22N2O3. The lowest BCUT2D eigenvalue weighted by Crippen LogP contribution is -2.51. The summed E-state index contributed by atoms with van der Waals surface area (Å²) in [4.78, 5) is 24.5. The SMILES string of the molecule is O=C(NCCCc1ccccc1)C1CCCCN1C(=O)O. The van der Waals surface area contributed by atoms with Gasteiger partial charge >= 0.3 is 6.09 Å². The third-order valence-corrected chi connectivity index (χ3v) is 3.84. The second-order valence-electron chi connectivity index (χ2n) is 5.37. The molecule has 0 saturated carbocycles. The van der Waals surface area contributed by atoms with Crippen molar-refractivity contribution in [1.29, 1.82) is 0 Å². The quantitative estimate of drug-likeness (QED) is 0.817. The van der Waals surface area contributed by atoms with Gasteiger partial charge in [0, 0.05) is 13.1 Å². The first-order valence-electron chi connectivity index (χ1n) is 7.49. The molecule has 0 aliphatic carbocycles. The van der Waals surface area contributed by atoms with Crippen LogP contribution < -0.4 is 5.32 Å². The minimum absolute atomic E-state index is 0.162. The van der Waals surface area contributed by atoms with Gasteiger partial charge in [0.25, 0.3) is 0 Å². The lowest BCUT2D eigenvalue weighted by atomic mass is 10.0. The summed E-state index contributed by atoms with van der Waals surface area (Å²) < 4.78 is 0. The molecule has 0 spiro atoms. The molecule has 1 aliphatic rings. The molecule has 1 heterocycles. The highest BCUT2D eigenvalue weighted by molar-refractivity contribution is 5.85. The zero-order chi connectivity index (χ0) is 15.1. The fourth-order valence-electron chi connectivity index (χ4n) is 2.70. The molecule has 1 unspecified atom stereocenters. The van der Waals surface area contributed by atoms with Gasteiger partial charge in [-0.25, -0.2) is 4.79 Å². The van der Waals surface area contributed by atoms with E-state index in [0.717, 1.165) is 25.7 Å². The Labute approximate surface area is 125 Å². The Balaban J connectivity index is 1.74. The van der Waals surface area contributed by atoms with Crippen LogP contribution in [0, 0.1) is 0 Å². The monoisotopic (exact) mass is 290 g/mol. The highest BCUT2D eigenvalue weighted by Crippen LogP contribution is 2.17. The van der Waals surface area contributed by atoms with E-state index in [9.17, 15) is 9.59 Å². The highest BCUT2D eigenvalue weighted by Gasteiger charge is 2.31. The molecule has 1 atom stereocenters. The predicted octanol–water partition coefficient (Wildman–Crippen LogP) is 2.27. The number of carbonyl (C=O) groups excluding carboxylic acids is 1. The molecule has 1 aliphatic heterocycles. The Bertz CT molecular complexity index is 476. The van der Waals surface area contributed by atoms with Gasteiger partial charge in [-0.3, -0.25) is 9.69 Å². The molecule has 2 N–H and O–H groups in total. The van der Waals surface area contributed by atoms with E-state index in [1.165, 1.54) is 10.5 Å². The van der Waals surface area contributed by atoms with Crippen molar-refractivity contribution in [2.24, 2.45) is 0 Å². The summed E-state index contributed by atoms with van der Waals surface area (Å²) in [5.74, 6) is -0.162. The van der Waals surface area contributed by atoms with Crippen molar-refractivity contribution in [3.05, 3.63) is 35.9 Å². The molecule has 114 valence electrons. The molecule has 1 aromatic carbocycles. The van der Waals surface area contributed by atoms with Crippen molar-refractivity contribution in [1.82, 2.24) is 10.2 Å². The first-order chi connectivity index (χ1) is 10.2. The molecule has 0 bridgehead atoms. The Morgan fingerprint density at radius 3 is 2.71 bits per heavy atom.